The van der Waals surface area contributed by atoms with Crippen molar-refractivity contribution in [3.8, 4) is 11.4 Å². The van der Waals surface area contributed by atoms with Gasteiger partial charge >= 0.3 is 0 Å². The first kappa shape index (κ1) is 20.4. The van der Waals surface area contributed by atoms with Gasteiger partial charge in [0.25, 0.3) is 5.91 Å². The van der Waals surface area contributed by atoms with Crippen LogP contribution < -0.4 is 10.1 Å². The normalized spacial score (nSPS) is 10.5. The lowest BCUT2D eigenvalue weighted by Crippen LogP contribution is -2.39. The van der Waals surface area contributed by atoms with E-state index in [-0.39, 0.29) is 24.1 Å². The summed E-state index contributed by atoms with van der Waals surface area (Å²) in [6.45, 7) is 2.77. The van der Waals surface area contributed by atoms with Crippen LogP contribution in [-0.2, 0) is 9.53 Å². The quantitative estimate of drug-likeness (QED) is 0.651. The molecule has 2 amide bonds. The maximum absolute atomic E-state index is 12.6. The largest absolute Gasteiger partial charge is 0.497 e. The summed E-state index contributed by atoms with van der Waals surface area (Å²) in [7, 11) is 4.74. The zero-order valence-corrected chi connectivity index (χ0v) is 16.1. The Labute approximate surface area is 158 Å². The van der Waals surface area contributed by atoms with Crippen molar-refractivity contribution in [2.45, 2.75) is 13.3 Å². The minimum Gasteiger partial charge on any atom is -0.497 e. The molecule has 0 bridgehead atoms. The van der Waals surface area contributed by atoms with Gasteiger partial charge in [-0.15, -0.1) is 5.10 Å². The lowest BCUT2D eigenvalue weighted by Gasteiger charge is -2.16. The number of carbonyl (C=O) groups excluding carboxylic acids is 2. The molecule has 0 aliphatic carbocycles. The van der Waals surface area contributed by atoms with E-state index in [2.05, 4.69) is 15.6 Å². The maximum Gasteiger partial charge on any atom is 0.276 e. The van der Waals surface area contributed by atoms with E-state index in [1.165, 1.54) is 4.90 Å². The van der Waals surface area contributed by atoms with Crippen molar-refractivity contribution in [2.75, 3.05) is 41.0 Å². The Morgan fingerprint density at radius 1 is 1.30 bits per heavy atom. The fourth-order valence-electron chi connectivity index (χ4n) is 2.48. The number of rotatable bonds is 9. The molecule has 1 aromatic heterocycles. The van der Waals surface area contributed by atoms with Crippen molar-refractivity contribution in [1.82, 2.24) is 25.2 Å². The highest BCUT2D eigenvalue weighted by Gasteiger charge is 2.22. The van der Waals surface area contributed by atoms with Crippen LogP contribution in [0.15, 0.2) is 24.3 Å². The van der Waals surface area contributed by atoms with Gasteiger partial charge in [0.1, 0.15) is 5.75 Å². The number of benzene rings is 1. The summed E-state index contributed by atoms with van der Waals surface area (Å²) in [5, 5.41) is 10.8. The maximum atomic E-state index is 12.6. The highest BCUT2D eigenvalue weighted by atomic mass is 16.5. The van der Waals surface area contributed by atoms with E-state index in [9.17, 15) is 9.59 Å². The van der Waals surface area contributed by atoms with Crippen LogP contribution in [0.4, 0.5) is 0 Å². The lowest BCUT2D eigenvalue weighted by molar-refractivity contribution is -0.121. The molecule has 0 aliphatic heterocycles. The van der Waals surface area contributed by atoms with E-state index in [0.717, 1.165) is 5.69 Å². The third-order valence-corrected chi connectivity index (χ3v) is 3.97. The zero-order valence-electron chi connectivity index (χ0n) is 16.1. The molecule has 2 rings (SSSR count). The summed E-state index contributed by atoms with van der Waals surface area (Å²) in [6, 6.07) is 7.29. The molecule has 0 atom stereocenters. The van der Waals surface area contributed by atoms with Crippen molar-refractivity contribution < 1.29 is 19.1 Å². The monoisotopic (exact) mass is 375 g/mol. The molecule has 0 saturated carbocycles. The average molecular weight is 375 g/mol. The lowest BCUT2D eigenvalue weighted by atomic mass is 10.2. The number of amides is 2. The molecule has 146 valence electrons. The van der Waals surface area contributed by atoms with Crippen LogP contribution in [0.3, 0.4) is 0 Å². The fraction of sp³-hybridized carbons (Fsp3) is 0.444. The number of hydrogen-bond donors (Lipinski definition) is 1. The number of hydrogen-bond acceptors (Lipinski definition) is 6. The van der Waals surface area contributed by atoms with Gasteiger partial charge in [0.2, 0.25) is 5.91 Å². The second-order valence-electron chi connectivity index (χ2n) is 5.99. The van der Waals surface area contributed by atoms with Crippen molar-refractivity contribution in [1.29, 1.82) is 0 Å². The van der Waals surface area contributed by atoms with Crippen LogP contribution in [0.5, 0.6) is 5.75 Å². The van der Waals surface area contributed by atoms with Crippen LogP contribution in [0.2, 0.25) is 0 Å². The number of carbonyl (C=O) groups is 2. The van der Waals surface area contributed by atoms with E-state index >= 15 is 0 Å². The van der Waals surface area contributed by atoms with Crippen LogP contribution in [0.1, 0.15) is 22.6 Å². The van der Waals surface area contributed by atoms with Gasteiger partial charge in [-0.3, -0.25) is 9.59 Å². The van der Waals surface area contributed by atoms with Gasteiger partial charge in [0.05, 0.1) is 25.0 Å². The molecular weight excluding hydrogens is 350 g/mol. The molecule has 0 radical (unpaired) electrons. The summed E-state index contributed by atoms with van der Waals surface area (Å²) in [5.74, 6) is 0.0750. The number of nitrogens with zero attached hydrogens (tertiary/aromatic N) is 4. The van der Waals surface area contributed by atoms with E-state index in [1.54, 1.807) is 38.9 Å². The predicted molar refractivity (Wildman–Crippen MR) is 99.1 cm³/mol. The minimum atomic E-state index is -0.367. The molecule has 1 aromatic carbocycles. The van der Waals surface area contributed by atoms with Gasteiger partial charge in [-0.1, -0.05) is 11.3 Å². The first-order valence-corrected chi connectivity index (χ1v) is 8.55. The molecule has 0 spiro atoms. The van der Waals surface area contributed by atoms with Crippen LogP contribution >= 0.6 is 0 Å². The summed E-state index contributed by atoms with van der Waals surface area (Å²) < 4.78 is 11.7. The van der Waals surface area contributed by atoms with E-state index in [0.29, 0.717) is 31.0 Å². The number of likely N-dealkylation sites (N-methyl/N-ethyl adjacent to an activating group) is 1. The Morgan fingerprint density at radius 3 is 2.78 bits per heavy atom. The molecule has 1 N–H and O–H groups in total. The first-order valence-electron chi connectivity index (χ1n) is 8.55. The van der Waals surface area contributed by atoms with Gasteiger partial charge in [-0.25, -0.2) is 4.68 Å². The van der Waals surface area contributed by atoms with Gasteiger partial charge < -0.3 is 19.7 Å². The molecule has 0 aliphatic rings. The zero-order chi connectivity index (χ0) is 19.8. The summed E-state index contributed by atoms with van der Waals surface area (Å²) >= 11 is 0. The average Bonchev–Trinajstić information content (AvgIpc) is 3.06. The van der Waals surface area contributed by atoms with Gasteiger partial charge in [0, 0.05) is 33.4 Å². The third kappa shape index (κ3) is 5.27. The molecule has 27 heavy (non-hydrogen) atoms. The SMILES string of the molecule is COCCCNC(=O)CN(C)C(=O)c1nnn(-c2cccc(OC)c2)c1C. The van der Waals surface area contributed by atoms with Gasteiger partial charge in [-0.2, -0.15) is 0 Å². The van der Waals surface area contributed by atoms with Crippen LogP contribution in [0.25, 0.3) is 5.69 Å². The highest BCUT2D eigenvalue weighted by Crippen LogP contribution is 2.18. The van der Waals surface area contributed by atoms with Crippen molar-refractivity contribution in [3.05, 3.63) is 35.7 Å². The Kier molecular flexibility index (Phi) is 7.30. The Hall–Kier alpha value is -2.94. The molecule has 9 heteroatoms. The number of nitrogens with one attached hydrogen (secondary N) is 1. The Morgan fingerprint density at radius 2 is 2.07 bits per heavy atom. The van der Waals surface area contributed by atoms with Crippen molar-refractivity contribution in [3.63, 3.8) is 0 Å². The molecular formula is C18H25N5O4. The smallest absolute Gasteiger partial charge is 0.276 e. The number of ether oxygens (including phenoxy) is 2. The Balaban J connectivity index is 2.04. The minimum absolute atomic E-state index is 0.0583. The van der Waals surface area contributed by atoms with Crippen LogP contribution in [0, 0.1) is 6.92 Å². The molecule has 9 nitrogen and oxygen atoms in total. The first-order chi connectivity index (χ1) is 13.0. The summed E-state index contributed by atoms with van der Waals surface area (Å²) in [5.41, 5.74) is 1.52. The van der Waals surface area contributed by atoms with E-state index in [4.69, 9.17) is 9.47 Å². The topological polar surface area (TPSA) is 98.6 Å². The summed E-state index contributed by atoms with van der Waals surface area (Å²) in [4.78, 5) is 25.9. The molecule has 2 aromatic rings. The van der Waals surface area contributed by atoms with Crippen molar-refractivity contribution >= 4 is 11.8 Å². The highest BCUT2D eigenvalue weighted by molar-refractivity contribution is 5.95. The van der Waals surface area contributed by atoms with E-state index in [1.807, 2.05) is 18.2 Å². The summed E-state index contributed by atoms with van der Waals surface area (Å²) in [6.07, 6.45) is 0.716. The second kappa shape index (κ2) is 9.67. The van der Waals surface area contributed by atoms with E-state index < -0.39 is 0 Å². The molecule has 0 saturated heterocycles. The van der Waals surface area contributed by atoms with Crippen molar-refractivity contribution in [2.24, 2.45) is 0 Å². The number of methoxy groups -OCH3 is 2. The standard InChI is InChI=1S/C18H25N5O4/c1-13-17(18(25)22(2)12-16(24)19-9-6-10-26-3)20-21-23(13)14-7-5-8-15(11-14)27-4/h5,7-8,11H,6,9-10,12H2,1-4H3,(H,19,24). The van der Waals surface area contributed by atoms with Crippen LogP contribution in [-0.4, -0.2) is 72.7 Å². The molecule has 1 heterocycles. The fourth-order valence-corrected chi connectivity index (χ4v) is 2.48. The van der Waals surface area contributed by atoms with Gasteiger partial charge in [-0.05, 0) is 25.5 Å². The third-order valence-electron chi connectivity index (χ3n) is 3.97. The Bertz CT molecular complexity index is 790. The van der Waals surface area contributed by atoms with Gasteiger partial charge in [0.15, 0.2) is 5.69 Å². The predicted octanol–water partition coefficient (Wildman–Crippen LogP) is 0.809. The molecule has 0 fully saturated rings. The number of aromatic nitrogens is 3. The second-order valence-corrected chi connectivity index (χ2v) is 5.99. The molecule has 0 unspecified atom stereocenters.